The van der Waals surface area contributed by atoms with Crippen LogP contribution in [-0.2, 0) is 9.53 Å². The molecule has 0 saturated carbocycles. The van der Waals surface area contributed by atoms with Crippen molar-refractivity contribution in [3.8, 4) is 0 Å². The molecule has 0 radical (unpaired) electrons. The van der Waals surface area contributed by atoms with Gasteiger partial charge in [-0.2, -0.15) is 0 Å². The van der Waals surface area contributed by atoms with Crippen molar-refractivity contribution in [2.45, 2.75) is 13.0 Å². The molecule has 0 spiro atoms. The standard InChI is InChI=1S/C17H14Cl2N2O4/c1-9(25-17(24)13-8-11(18)4-7-14(13)19)16(23)21-12-5-2-10(3-6-12)15(20)22/h2-9H,1H3,(H2,20,22)(H,21,23)/t9-/m1/s1. The van der Waals surface area contributed by atoms with Crippen LogP contribution < -0.4 is 11.1 Å². The number of nitrogens with one attached hydrogen (secondary N) is 1. The van der Waals surface area contributed by atoms with Crippen LogP contribution in [0.3, 0.4) is 0 Å². The number of anilines is 1. The summed E-state index contributed by atoms with van der Waals surface area (Å²) in [5.74, 6) is -1.88. The van der Waals surface area contributed by atoms with Gasteiger partial charge in [0.25, 0.3) is 5.91 Å². The Bertz CT molecular complexity index is 822. The number of primary amides is 1. The molecule has 0 bridgehead atoms. The Hall–Kier alpha value is -2.57. The number of nitrogens with two attached hydrogens (primary N) is 1. The average molecular weight is 381 g/mol. The van der Waals surface area contributed by atoms with Gasteiger partial charge in [-0.05, 0) is 49.4 Å². The molecule has 3 N–H and O–H groups in total. The smallest absolute Gasteiger partial charge is 0.340 e. The van der Waals surface area contributed by atoms with Gasteiger partial charge in [-0.3, -0.25) is 9.59 Å². The number of ether oxygens (including phenoxy) is 1. The molecule has 0 saturated heterocycles. The lowest BCUT2D eigenvalue weighted by atomic mass is 10.2. The second-order valence-corrected chi connectivity index (χ2v) is 5.95. The second-order valence-electron chi connectivity index (χ2n) is 5.10. The van der Waals surface area contributed by atoms with E-state index < -0.39 is 23.9 Å². The van der Waals surface area contributed by atoms with Crippen molar-refractivity contribution < 1.29 is 19.1 Å². The lowest BCUT2D eigenvalue weighted by Crippen LogP contribution is -2.30. The molecule has 8 heteroatoms. The van der Waals surface area contributed by atoms with Gasteiger partial charge in [0, 0.05) is 16.3 Å². The van der Waals surface area contributed by atoms with Crippen LogP contribution in [0.5, 0.6) is 0 Å². The van der Waals surface area contributed by atoms with Gasteiger partial charge in [0.2, 0.25) is 5.91 Å². The van der Waals surface area contributed by atoms with Crippen LogP contribution in [0.2, 0.25) is 10.0 Å². The van der Waals surface area contributed by atoms with Gasteiger partial charge in [0.1, 0.15) is 0 Å². The van der Waals surface area contributed by atoms with Crippen molar-refractivity contribution in [1.82, 2.24) is 0 Å². The highest BCUT2D eigenvalue weighted by molar-refractivity contribution is 6.35. The molecule has 130 valence electrons. The largest absolute Gasteiger partial charge is 0.449 e. The van der Waals surface area contributed by atoms with E-state index in [1.165, 1.54) is 49.4 Å². The summed E-state index contributed by atoms with van der Waals surface area (Å²) in [5.41, 5.74) is 5.95. The molecule has 0 aliphatic heterocycles. The van der Waals surface area contributed by atoms with Gasteiger partial charge in [-0.15, -0.1) is 0 Å². The number of halogens is 2. The summed E-state index contributed by atoms with van der Waals surface area (Å²) in [5, 5.41) is 3.06. The zero-order valence-corrected chi connectivity index (χ0v) is 14.6. The monoisotopic (exact) mass is 380 g/mol. The van der Waals surface area contributed by atoms with E-state index in [9.17, 15) is 14.4 Å². The van der Waals surface area contributed by atoms with Crippen LogP contribution >= 0.6 is 23.2 Å². The number of esters is 1. The maximum absolute atomic E-state index is 12.1. The first-order valence-corrected chi connectivity index (χ1v) is 7.90. The Morgan fingerprint density at radius 3 is 2.32 bits per heavy atom. The number of carbonyl (C=O) groups excluding carboxylic acids is 3. The molecular formula is C17H14Cl2N2O4. The zero-order valence-electron chi connectivity index (χ0n) is 13.1. The lowest BCUT2D eigenvalue weighted by molar-refractivity contribution is -0.123. The van der Waals surface area contributed by atoms with E-state index in [1.807, 2.05) is 0 Å². The van der Waals surface area contributed by atoms with Crippen molar-refractivity contribution in [2.75, 3.05) is 5.32 Å². The van der Waals surface area contributed by atoms with Gasteiger partial charge in [0.15, 0.2) is 6.10 Å². The fraction of sp³-hybridized carbons (Fsp3) is 0.118. The maximum atomic E-state index is 12.1. The highest BCUT2D eigenvalue weighted by Crippen LogP contribution is 2.22. The summed E-state index contributed by atoms with van der Waals surface area (Å²) in [6.45, 7) is 1.42. The number of rotatable bonds is 5. The van der Waals surface area contributed by atoms with Crippen LogP contribution in [0, 0.1) is 0 Å². The third-order valence-electron chi connectivity index (χ3n) is 3.24. The Kier molecular flexibility index (Phi) is 6.01. The summed E-state index contributed by atoms with van der Waals surface area (Å²) in [7, 11) is 0. The average Bonchev–Trinajstić information content (AvgIpc) is 2.57. The normalized spacial score (nSPS) is 11.5. The molecule has 2 amide bonds. The van der Waals surface area contributed by atoms with Gasteiger partial charge < -0.3 is 15.8 Å². The SMILES string of the molecule is C[C@@H](OC(=O)c1cc(Cl)ccc1Cl)C(=O)Nc1ccc(C(N)=O)cc1. The minimum absolute atomic E-state index is 0.0691. The molecule has 0 aromatic heterocycles. The van der Waals surface area contributed by atoms with Crippen LogP contribution in [0.1, 0.15) is 27.6 Å². The number of carbonyl (C=O) groups is 3. The molecule has 2 aromatic carbocycles. The summed E-state index contributed by atoms with van der Waals surface area (Å²) in [4.78, 5) is 35.2. The third-order valence-corrected chi connectivity index (χ3v) is 3.80. The van der Waals surface area contributed by atoms with E-state index in [2.05, 4.69) is 5.32 Å². The van der Waals surface area contributed by atoms with Crippen LogP contribution in [0.25, 0.3) is 0 Å². The second kappa shape index (κ2) is 8.00. The lowest BCUT2D eigenvalue weighted by Gasteiger charge is -2.14. The minimum Gasteiger partial charge on any atom is -0.449 e. The predicted molar refractivity (Wildman–Crippen MR) is 94.9 cm³/mol. The van der Waals surface area contributed by atoms with Crippen LogP contribution in [0.4, 0.5) is 5.69 Å². The van der Waals surface area contributed by atoms with Crippen LogP contribution in [0.15, 0.2) is 42.5 Å². The zero-order chi connectivity index (χ0) is 18.6. The number of benzene rings is 2. The molecule has 2 rings (SSSR count). The van der Waals surface area contributed by atoms with Gasteiger partial charge in [-0.25, -0.2) is 4.79 Å². The Balaban J connectivity index is 2.01. The Labute approximate surface area is 153 Å². The molecule has 0 unspecified atom stereocenters. The molecule has 0 aliphatic carbocycles. The van der Waals surface area contributed by atoms with E-state index in [-0.39, 0.29) is 10.6 Å². The highest BCUT2D eigenvalue weighted by Gasteiger charge is 2.21. The van der Waals surface area contributed by atoms with Crippen LogP contribution in [-0.4, -0.2) is 23.9 Å². The molecule has 0 fully saturated rings. The number of hydrogen-bond donors (Lipinski definition) is 2. The van der Waals surface area contributed by atoms with E-state index in [1.54, 1.807) is 0 Å². The molecule has 1 atom stereocenters. The van der Waals surface area contributed by atoms with E-state index in [4.69, 9.17) is 33.7 Å². The minimum atomic E-state index is -1.07. The van der Waals surface area contributed by atoms with Gasteiger partial charge in [0.05, 0.1) is 10.6 Å². The first kappa shape index (κ1) is 18.8. The molecular weight excluding hydrogens is 367 g/mol. The molecule has 0 aliphatic rings. The fourth-order valence-electron chi connectivity index (χ4n) is 1.89. The summed E-state index contributed by atoms with van der Waals surface area (Å²) < 4.78 is 5.10. The topological polar surface area (TPSA) is 98.5 Å². The number of amides is 2. The van der Waals surface area contributed by atoms with Crippen molar-refractivity contribution in [1.29, 1.82) is 0 Å². The number of hydrogen-bond acceptors (Lipinski definition) is 4. The Morgan fingerprint density at radius 1 is 1.08 bits per heavy atom. The fourth-order valence-corrected chi connectivity index (χ4v) is 2.26. The molecule has 6 nitrogen and oxygen atoms in total. The van der Waals surface area contributed by atoms with Crippen molar-refractivity contribution in [3.63, 3.8) is 0 Å². The van der Waals surface area contributed by atoms with Crippen molar-refractivity contribution >= 4 is 46.7 Å². The summed E-state index contributed by atoms with van der Waals surface area (Å²) in [6, 6.07) is 10.3. The molecule has 0 heterocycles. The molecule has 25 heavy (non-hydrogen) atoms. The maximum Gasteiger partial charge on any atom is 0.340 e. The quantitative estimate of drug-likeness (QED) is 0.777. The van der Waals surface area contributed by atoms with Crippen molar-refractivity contribution in [2.24, 2.45) is 5.73 Å². The first-order valence-electron chi connectivity index (χ1n) is 7.14. The van der Waals surface area contributed by atoms with Crippen molar-refractivity contribution in [3.05, 3.63) is 63.6 Å². The van der Waals surface area contributed by atoms with Gasteiger partial charge >= 0.3 is 5.97 Å². The third kappa shape index (κ3) is 4.95. The van der Waals surface area contributed by atoms with E-state index >= 15 is 0 Å². The van der Waals surface area contributed by atoms with E-state index in [0.29, 0.717) is 16.3 Å². The molecule has 2 aromatic rings. The highest BCUT2D eigenvalue weighted by atomic mass is 35.5. The Morgan fingerprint density at radius 2 is 1.72 bits per heavy atom. The summed E-state index contributed by atoms with van der Waals surface area (Å²) >= 11 is 11.8. The predicted octanol–water partition coefficient (Wildman–Crippen LogP) is 3.28. The van der Waals surface area contributed by atoms with E-state index in [0.717, 1.165) is 0 Å². The summed E-state index contributed by atoms with van der Waals surface area (Å²) in [6.07, 6.45) is -1.07. The first-order chi connectivity index (χ1) is 11.8. The van der Waals surface area contributed by atoms with Gasteiger partial charge in [-0.1, -0.05) is 23.2 Å².